The summed E-state index contributed by atoms with van der Waals surface area (Å²) in [6.45, 7) is 1.87. The van der Waals surface area contributed by atoms with Gasteiger partial charge in [-0.05, 0) is 18.6 Å². The SMILES string of the molecule is COc1cnc2ccc(C)c(C=O)c2n1. The first-order valence-corrected chi connectivity index (χ1v) is 4.52. The molecule has 0 aliphatic heterocycles. The number of ether oxygens (including phenoxy) is 1. The Kier molecular flexibility index (Phi) is 2.33. The summed E-state index contributed by atoms with van der Waals surface area (Å²) in [6, 6.07) is 3.69. The number of rotatable bonds is 2. The van der Waals surface area contributed by atoms with Crippen LogP contribution in [0, 0.1) is 6.92 Å². The summed E-state index contributed by atoms with van der Waals surface area (Å²) in [5.41, 5.74) is 2.74. The van der Waals surface area contributed by atoms with Crippen LogP contribution in [0.5, 0.6) is 5.88 Å². The normalized spacial score (nSPS) is 10.3. The standard InChI is InChI=1S/C11H10N2O2/c1-7-3-4-9-11(8(7)6-14)13-10(15-2)5-12-9/h3-6H,1-2H3. The summed E-state index contributed by atoms with van der Waals surface area (Å²) in [5, 5.41) is 0. The molecule has 2 rings (SSSR count). The van der Waals surface area contributed by atoms with Crippen molar-refractivity contribution in [2.24, 2.45) is 0 Å². The van der Waals surface area contributed by atoms with Crippen molar-refractivity contribution in [3.8, 4) is 5.88 Å². The first-order valence-electron chi connectivity index (χ1n) is 4.52. The molecule has 2 aromatic rings. The van der Waals surface area contributed by atoms with Crippen LogP contribution in [0.1, 0.15) is 15.9 Å². The Bertz CT molecular complexity index is 523. The molecule has 1 aromatic carbocycles. The number of hydrogen-bond donors (Lipinski definition) is 0. The van der Waals surface area contributed by atoms with Crippen LogP contribution in [-0.2, 0) is 0 Å². The monoisotopic (exact) mass is 202 g/mol. The van der Waals surface area contributed by atoms with Gasteiger partial charge >= 0.3 is 0 Å². The number of aryl methyl sites for hydroxylation is 1. The van der Waals surface area contributed by atoms with Gasteiger partial charge < -0.3 is 4.74 Å². The van der Waals surface area contributed by atoms with Gasteiger partial charge in [-0.1, -0.05) is 6.07 Å². The highest BCUT2D eigenvalue weighted by Crippen LogP contribution is 2.19. The van der Waals surface area contributed by atoms with Crippen molar-refractivity contribution in [1.82, 2.24) is 9.97 Å². The zero-order valence-electron chi connectivity index (χ0n) is 8.52. The minimum absolute atomic E-state index is 0.413. The van der Waals surface area contributed by atoms with E-state index >= 15 is 0 Å². The van der Waals surface area contributed by atoms with Crippen molar-refractivity contribution in [3.63, 3.8) is 0 Å². The number of benzene rings is 1. The predicted molar refractivity (Wildman–Crippen MR) is 56.2 cm³/mol. The molecule has 76 valence electrons. The molecule has 1 aromatic heterocycles. The molecule has 0 saturated heterocycles. The van der Waals surface area contributed by atoms with Gasteiger partial charge in [0.1, 0.15) is 5.52 Å². The van der Waals surface area contributed by atoms with E-state index in [-0.39, 0.29) is 0 Å². The first kappa shape index (κ1) is 9.58. The van der Waals surface area contributed by atoms with Gasteiger partial charge in [0.15, 0.2) is 6.29 Å². The number of methoxy groups -OCH3 is 1. The van der Waals surface area contributed by atoms with E-state index in [2.05, 4.69) is 9.97 Å². The van der Waals surface area contributed by atoms with E-state index in [9.17, 15) is 4.79 Å². The van der Waals surface area contributed by atoms with Crippen LogP contribution in [0.3, 0.4) is 0 Å². The molecule has 0 aliphatic carbocycles. The Hall–Kier alpha value is -1.97. The van der Waals surface area contributed by atoms with Crippen LogP contribution >= 0.6 is 0 Å². The number of carbonyl (C=O) groups is 1. The number of fused-ring (bicyclic) bond motifs is 1. The molecule has 0 aliphatic rings. The molecule has 0 radical (unpaired) electrons. The van der Waals surface area contributed by atoms with E-state index in [1.807, 2.05) is 19.1 Å². The summed E-state index contributed by atoms with van der Waals surface area (Å²) in [4.78, 5) is 19.3. The highest BCUT2D eigenvalue weighted by molar-refractivity contribution is 5.95. The van der Waals surface area contributed by atoms with Crippen molar-refractivity contribution >= 4 is 17.3 Å². The molecular weight excluding hydrogens is 192 g/mol. The third-order valence-corrected chi connectivity index (χ3v) is 2.28. The van der Waals surface area contributed by atoms with Gasteiger partial charge in [0.25, 0.3) is 0 Å². The molecule has 1 heterocycles. The number of nitrogens with zero attached hydrogens (tertiary/aromatic N) is 2. The number of hydrogen-bond acceptors (Lipinski definition) is 4. The molecule has 0 amide bonds. The van der Waals surface area contributed by atoms with Crippen LogP contribution in [0.15, 0.2) is 18.3 Å². The average Bonchev–Trinajstić information content (AvgIpc) is 2.28. The molecule has 0 N–H and O–H groups in total. The van der Waals surface area contributed by atoms with Crippen LogP contribution in [0.25, 0.3) is 11.0 Å². The predicted octanol–water partition coefficient (Wildman–Crippen LogP) is 1.76. The van der Waals surface area contributed by atoms with E-state index in [1.165, 1.54) is 13.3 Å². The van der Waals surface area contributed by atoms with Crippen LogP contribution in [0.4, 0.5) is 0 Å². The summed E-state index contributed by atoms with van der Waals surface area (Å²) >= 11 is 0. The second-order valence-corrected chi connectivity index (χ2v) is 3.19. The number of carbonyl (C=O) groups excluding carboxylic acids is 1. The molecule has 15 heavy (non-hydrogen) atoms. The fraction of sp³-hybridized carbons (Fsp3) is 0.182. The van der Waals surface area contributed by atoms with Gasteiger partial charge in [-0.3, -0.25) is 4.79 Å². The maximum Gasteiger partial charge on any atom is 0.232 e. The summed E-state index contributed by atoms with van der Waals surface area (Å²) in [6.07, 6.45) is 2.33. The van der Waals surface area contributed by atoms with E-state index in [1.54, 1.807) is 0 Å². The second-order valence-electron chi connectivity index (χ2n) is 3.19. The number of aldehydes is 1. The lowest BCUT2D eigenvalue weighted by molar-refractivity contribution is 0.112. The highest BCUT2D eigenvalue weighted by atomic mass is 16.5. The lowest BCUT2D eigenvalue weighted by atomic mass is 10.1. The maximum absolute atomic E-state index is 10.9. The van der Waals surface area contributed by atoms with E-state index in [0.717, 1.165) is 11.8 Å². The minimum Gasteiger partial charge on any atom is -0.480 e. The molecule has 0 saturated carbocycles. The fourth-order valence-electron chi connectivity index (χ4n) is 1.43. The minimum atomic E-state index is 0.413. The van der Waals surface area contributed by atoms with Crippen molar-refractivity contribution in [2.45, 2.75) is 6.92 Å². The molecule has 0 bridgehead atoms. The molecular formula is C11H10N2O2. The third-order valence-electron chi connectivity index (χ3n) is 2.28. The maximum atomic E-state index is 10.9. The molecule has 0 spiro atoms. The Morgan fingerprint density at radius 3 is 2.87 bits per heavy atom. The Balaban J connectivity index is 2.81. The van der Waals surface area contributed by atoms with Gasteiger partial charge in [-0.25, -0.2) is 9.97 Å². The quantitative estimate of drug-likeness (QED) is 0.696. The molecule has 0 atom stereocenters. The summed E-state index contributed by atoms with van der Waals surface area (Å²) in [7, 11) is 1.52. The van der Waals surface area contributed by atoms with Crippen LogP contribution in [0.2, 0.25) is 0 Å². The molecule has 0 unspecified atom stereocenters. The van der Waals surface area contributed by atoms with Gasteiger partial charge in [0.2, 0.25) is 5.88 Å². The van der Waals surface area contributed by atoms with Crippen molar-refractivity contribution in [2.75, 3.05) is 7.11 Å². The smallest absolute Gasteiger partial charge is 0.232 e. The zero-order chi connectivity index (χ0) is 10.8. The van der Waals surface area contributed by atoms with Crippen molar-refractivity contribution in [1.29, 1.82) is 0 Å². The molecule has 0 fully saturated rings. The fourth-order valence-corrected chi connectivity index (χ4v) is 1.43. The first-order chi connectivity index (χ1) is 7.26. The Morgan fingerprint density at radius 2 is 2.20 bits per heavy atom. The molecule has 4 nitrogen and oxygen atoms in total. The van der Waals surface area contributed by atoms with E-state index in [0.29, 0.717) is 22.5 Å². The lowest BCUT2D eigenvalue weighted by Crippen LogP contribution is -1.96. The zero-order valence-corrected chi connectivity index (χ0v) is 8.52. The Labute approximate surface area is 86.9 Å². The van der Waals surface area contributed by atoms with Gasteiger partial charge in [0.05, 0.1) is 18.8 Å². The second kappa shape index (κ2) is 3.65. The van der Waals surface area contributed by atoms with E-state index in [4.69, 9.17) is 4.74 Å². The van der Waals surface area contributed by atoms with Crippen molar-refractivity contribution < 1.29 is 9.53 Å². The summed E-state index contributed by atoms with van der Waals surface area (Å²) < 4.78 is 4.97. The van der Waals surface area contributed by atoms with Gasteiger partial charge in [-0.2, -0.15) is 0 Å². The number of aromatic nitrogens is 2. The van der Waals surface area contributed by atoms with Crippen LogP contribution < -0.4 is 4.74 Å². The third kappa shape index (κ3) is 1.54. The largest absolute Gasteiger partial charge is 0.480 e. The highest BCUT2D eigenvalue weighted by Gasteiger charge is 2.07. The Morgan fingerprint density at radius 1 is 1.40 bits per heavy atom. The van der Waals surface area contributed by atoms with Crippen molar-refractivity contribution in [3.05, 3.63) is 29.5 Å². The van der Waals surface area contributed by atoms with Gasteiger partial charge in [0, 0.05) is 5.56 Å². The van der Waals surface area contributed by atoms with Gasteiger partial charge in [-0.15, -0.1) is 0 Å². The molecule has 4 heteroatoms. The van der Waals surface area contributed by atoms with Crippen LogP contribution in [-0.4, -0.2) is 23.4 Å². The average molecular weight is 202 g/mol. The van der Waals surface area contributed by atoms with E-state index < -0.39 is 0 Å². The lowest BCUT2D eigenvalue weighted by Gasteiger charge is -2.04. The summed E-state index contributed by atoms with van der Waals surface area (Å²) in [5.74, 6) is 0.413. The topological polar surface area (TPSA) is 52.1 Å².